The Bertz CT molecular complexity index is 740. The lowest BCUT2D eigenvalue weighted by Gasteiger charge is -2.21. The number of fused-ring (bicyclic) bond motifs is 1. The van der Waals surface area contributed by atoms with E-state index < -0.39 is 17.7 Å². The standard InChI is InChI=1S/C12H10N2O4.C4H10.C2H6/c15-10-6-5-8(11(16)13-10)14-7-3-1-2-4-9(7)18-12(14)17;1-4(2)3;1-2/h1-4,8H,5-6H2,(H,13,15,16);4H,1-3H3;1-2H3. The molecule has 0 aliphatic carbocycles. The van der Waals surface area contributed by atoms with Crippen LogP contribution in [0.25, 0.3) is 11.1 Å². The summed E-state index contributed by atoms with van der Waals surface area (Å²) >= 11 is 0. The maximum Gasteiger partial charge on any atom is 0.420 e. The number of amides is 2. The molecule has 0 radical (unpaired) electrons. The highest BCUT2D eigenvalue weighted by molar-refractivity contribution is 5.99. The highest BCUT2D eigenvalue weighted by Crippen LogP contribution is 2.22. The van der Waals surface area contributed by atoms with E-state index in [2.05, 4.69) is 26.1 Å². The molecule has 2 heterocycles. The first-order valence-electron chi connectivity index (χ1n) is 8.34. The molecule has 6 heteroatoms. The normalized spacial score (nSPS) is 16.8. The van der Waals surface area contributed by atoms with Gasteiger partial charge in [0.1, 0.15) is 6.04 Å². The van der Waals surface area contributed by atoms with Gasteiger partial charge in [-0.3, -0.25) is 19.5 Å². The Morgan fingerprint density at radius 1 is 1.12 bits per heavy atom. The lowest BCUT2D eigenvalue weighted by molar-refractivity contribution is -0.135. The summed E-state index contributed by atoms with van der Waals surface area (Å²) in [5.74, 6) is -0.511. The third-order valence-electron chi connectivity index (χ3n) is 3.04. The summed E-state index contributed by atoms with van der Waals surface area (Å²) in [5.41, 5.74) is 1.00. The lowest BCUT2D eigenvalue weighted by Crippen LogP contribution is -2.43. The second-order valence-corrected chi connectivity index (χ2v) is 5.90. The number of carbonyl (C=O) groups is 2. The average Bonchev–Trinajstić information content (AvgIpc) is 2.85. The van der Waals surface area contributed by atoms with Gasteiger partial charge in [0, 0.05) is 6.42 Å². The highest BCUT2D eigenvalue weighted by Gasteiger charge is 2.30. The average molecular weight is 334 g/mol. The van der Waals surface area contributed by atoms with Crippen molar-refractivity contribution >= 4 is 22.9 Å². The van der Waals surface area contributed by atoms with E-state index in [0.29, 0.717) is 17.5 Å². The molecule has 6 nitrogen and oxygen atoms in total. The zero-order valence-electron chi connectivity index (χ0n) is 15.0. The van der Waals surface area contributed by atoms with E-state index >= 15 is 0 Å². The lowest BCUT2D eigenvalue weighted by atomic mass is 10.1. The van der Waals surface area contributed by atoms with Gasteiger partial charge in [0.05, 0.1) is 5.52 Å². The number of nitrogens with one attached hydrogen (secondary N) is 1. The Labute approximate surface area is 141 Å². The molecule has 1 aliphatic rings. The zero-order valence-corrected chi connectivity index (χ0v) is 15.0. The Hall–Kier alpha value is -2.37. The van der Waals surface area contributed by atoms with Gasteiger partial charge in [0.2, 0.25) is 11.8 Å². The summed E-state index contributed by atoms with van der Waals surface area (Å²) in [6.07, 6.45) is 0.538. The smallest absolute Gasteiger partial charge is 0.408 e. The minimum Gasteiger partial charge on any atom is -0.408 e. The molecule has 1 N–H and O–H groups in total. The fourth-order valence-corrected chi connectivity index (χ4v) is 2.21. The summed E-state index contributed by atoms with van der Waals surface area (Å²) < 4.78 is 6.37. The van der Waals surface area contributed by atoms with Crippen molar-refractivity contribution in [2.75, 3.05) is 0 Å². The first kappa shape index (κ1) is 19.7. The predicted molar refractivity (Wildman–Crippen MR) is 93.8 cm³/mol. The SMILES string of the molecule is CC.CC(C)C.O=C1CCC(n2c(=O)oc3ccccc32)C(=O)N1. The summed E-state index contributed by atoms with van der Waals surface area (Å²) in [5, 5.41) is 2.23. The molecule has 0 spiro atoms. The molecule has 2 amide bonds. The molecule has 1 saturated heterocycles. The van der Waals surface area contributed by atoms with Crippen LogP contribution in [0.5, 0.6) is 0 Å². The maximum atomic E-state index is 11.8. The molecule has 1 aliphatic heterocycles. The molecule has 24 heavy (non-hydrogen) atoms. The van der Waals surface area contributed by atoms with Crippen LogP contribution < -0.4 is 11.1 Å². The topological polar surface area (TPSA) is 81.3 Å². The van der Waals surface area contributed by atoms with Crippen LogP contribution in [0.1, 0.15) is 53.5 Å². The van der Waals surface area contributed by atoms with Crippen molar-refractivity contribution in [3.63, 3.8) is 0 Å². The number of rotatable bonds is 1. The van der Waals surface area contributed by atoms with Crippen LogP contribution >= 0.6 is 0 Å². The first-order chi connectivity index (χ1) is 11.4. The van der Waals surface area contributed by atoms with Crippen LogP contribution in [0.3, 0.4) is 0 Å². The van der Waals surface area contributed by atoms with Crippen molar-refractivity contribution in [2.45, 2.75) is 53.5 Å². The van der Waals surface area contributed by atoms with Crippen molar-refractivity contribution in [1.29, 1.82) is 0 Å². The fraction of sp³-hybridized carbons (Fsp3) is 0.500. The summed E-state index contributed by atoms with van der Waals surface area (Å²) in [7, 11) is 0. The maximum absolute atomic E-state index is 11.8. The minimum atomic E-state index is -0.682. The van der Waals surface area contributed by atoms with Gasteiger partial charge >= 0.3 is 5.76 Å². The van der Waals surface area contributed by atoms with Crippen LogP contribution in [0, 0.1) is 5.92 Å². The number of para-hydroxylation sites is 2. The van der Waals surface area contributed by atoms with E-state index in [1.165, 1.54) is 4.57 Å². The molecular formula is C18H26N2O4. The molecule has 3 rings (SSSR count). The van der Waals surface area contributed by atoms with Crippen molar-refractivity contribution in [3.8, 4) is 0 Å². The number of piperidine rings is 1. The van der Waals surface area contributed by atoms with E-state index in [4.69, 9.17) is 4.42 Å². The molecule has 1 unspecified atom stereocenters. The van der Waals surface area contributed by atoms with Gasteiger partial charge in [-0.25, -0.2) is 4.79 Å². The third-order valence-corrected chi connectivity index (χ3v) is 3.04. The van der Waals surface area contributed by atoms with Crippen molar-refractivity contribution in [3.05, 3.63) is 34.8 Å². The van der Waals surface area contributed by atoms with Crippen LogP contribution in [-0.4, -0.2) is 16.4 Å². The second kappa shape index (κ2) is 9.05. The Morgan fingerprint density at radius 3 is 2.29 bits per heavy atom. The largest absolute Gasteiger partial charge is 0.420 e. The molecule has 0 bridgehead atoms. The minimum absolute atomic E-state index is 0.225. The van der Waals surface area contributed by atoms with Gasteiger partial charge in [-0.1, -0.05) is 46.8 Å². The van der Waals surface area contributed by atoms with Crippen LogP contribution in [0.2, 0.25) is 0 Å². The third kappa shape index (κ3) is 4.81. The molecule has 2 aromatic rings. The van der Waals surface area contributed by atoms with E-state index in [9.17, 15) is 14.4 Å². The molecular weight excluding hydrogens is 308 g/mol. The molecule has 1 aromatic heterocycles. The van der Waals surface area contributed by atoms with Crippen molar-refractivity contribution < 1.29 is 14.0 Å². The van der Waals surface area contributed by atoms with E-state index in [0.717, 1.165) is 5.92 Å². The Morgan fingerprint density at radius 2 is 1.71 bits per heavy atom. The van der Waals surface area contributed by atoms with E-state index in [1.54, 1.807) is 24.3 Å². The summed E-state index contributed by atoms with van der Waals surface area (Å²) in [4.78, 5) is 34.7. The number of hydrogen-bond acceptors (Lipinski definition) is 4. The number of nitrogens with zero attached hydrogens (tertiary/aromatic N) is 1. The van der Waals surface area contributed by atoms with Crippen molar-refractivity contribution in [2.24, 2.45) is 5.92 Å². The molecule has 1 fully saturated rings. The van der Waals surface area contributed by atoms with Crippen molar-refractivity contribution in [1.82, 2.24) is 9.88 Å². The van der Waals surface area contributed by atoms with Gasteiger partial charge < -0.3 is 4.42 Å². The molecule has 132 valence electrons. The number of oxazole rings is 1. The number of benzene rings is 1. The molecule has 1 atom stereocenters. The van der Waals surface area contributed by atoms with Gasteiger partial charge in [-0.15, -0.1) is 0 Å². The Kier molecular flexibility index (Phi) is 7.42. The number of aromatic nitrogens is 1. The predicted octanol–water partition coefficient (Wildman–Crippen LogP) is 3.26. The molecule has 0 saturated carbocycles. The quantitative estimate of drug-likeness (QED) is 0.812. The Balaban J connectivity index is 0.000000423. The van der Waals surface area contributed by atoms with Gasteiger partial charge in [-0.05, 0) is 24.5 Å². The monoisotopic (exact) mass is 334 g/mol. The van der Waals surface area contributed by atoms with E-state index in [1.807, 2.05) is 13.8 Å². The highest BCUT2D eigenvalue weighted by atomic mass is 16.4. The van der Waals surface area contributed by atoms with Crippen LogP contribution in [0.15, 0.2) is 33.5 Å². The number of hydrogen-bond donors (Lipinski definition) is 1. The summed E-state index contributed by atoms with van der Waals surface area (Å²) in [6.45, 7) is 10.5. The van der Waals surface area contributed by atoms with Gasteiger partial charge in [0.15, 0.2) is 5.58 Å². The molecule has 1 aromatic carbocycles. The second-order valence-electron chi connectivity index (χ2n) is 5.90. The number of carbonyl (C=O) groups excluding carboxylic acids is 2. The number of imide groups is 1. The summed E-state index contributed by atoms with van der Waals surface area (Å²) in [6, 6.07) is 6.21. The van der Waals surface area contributed by atoms with E-state index in [-0.39, 0.29) is 12.3 Å². The first-order valence-corrected chi connectivity index (χ1v) is 8.34. The van der Waals surface area contributed by atoms with Crippen LogP contribution in [-0.2, 0) is 9.59 Å². The van der Waals surface area contributed by atoms with Gasteiger partial charge in [0.25, 0.3) is 0 Å². The van der Waals surface area contributed by atoms with Gasteiger partial charge in [-0.2, -0.15) is 0 Å². The fourth-order valence-electron chi connectivity index (χ4n) is 2.21. The van der Waals surface area contributed by atoms with Crippen LogP contribution in [0.4, 0.5) is 0 Å². The zero-order chi connectivity index (χ0) is 18.3.